The van der Waals surface area contributed by atoms with E-state index < -0.39 is 17.2 Å². The van der Waals surface area contributed by atoms with Crippen LogP contribution in [0.1, 0.15) is 29.9 Å². The van der Waals surface area contributed by atoms with Crippen LogP contribution in [-0.2, 0) is 20.6 Å². The molecule has 0 aliphatic rings. The molecule has 0 atom stereocenters. The number of carboxylic acid groups (broad SMARTS) is 1. The van der Waals surface area contributed by atoms with Crippen LogP contribution in [0.25, 0.3) is 0 Å². The molecule has 0 unspecified atom stereocenters. The molecule has 7 heteroatoms. The Bertz CT molecular complexity index is 596. The Morgan fingerprint density at radius 3 is 2.11 bits per heavy atom. The zero-order valence-corrected chi connectivity index (χ0v) is 11.6. The fourth-order valence-electron chi connectivity index (χ4n) is 2.00. The number of aromatic carboxylic acids is 1. The topological polar surface area (TPSA) is 84.5 Å². The lowest BCUT2D eigenvalue weighted by Crippen LogP contribution is -2.43. The number of hydrogen-bond donors (Lipinski definition) is 1. The molecule has 1 N–H and O–H groups in total. The molecule has 0 aliphatic heterocycles. The predicted octanol–water partition coefficient (Wildman–Crippen LogP) is -0.376. The van der Waals surface area contributed by atoms with Crippen LogP contribution in [0.3, 0.4) is 0 Å². The molecule has 0 radical (unpaired) electrons. The first-order valence-corrected chi connectivity index (χ1v) is 6.09. The molecule has 1 rings (SSSR count). The summed E-state index contributed by atoms with van der Waals surface area (Å²) in [6, 6.07) is 0. The molecule has 0 bridgehead atoms. The lowest BCUT2D eigenvalue weighted by molar-refractivity contribution is 0.0680. The van der Waals surface area contributed by atoms with Crippen LogP contribution >= 0.6 is 0 Å². The van der Waals surface area contributed by atoms with Crippen molar-refractivity contribution in [2.75, 3.05) is 13.1 Å². The summed E-state index contributed by atoms with van der Waals surface area (Å²) in [5, 5.41) is 9.22. The van der Waals surface area contributed by atoms with Crippen molar-refractivity contribution >= 4 is 5.97 Å². The molecule has 0 saturated heterocycles. The van der Waals surface area contributed by atoms with Gasteiger partial charge >= 0.3 is 11.7 Å². The zero-order valence-electron chi connectivity index (χ0n) is 11.6. The van der Waals surface area contributed by atoms with Gasteiger partial charge < -0.3 is 5.11 Å². The van der Waals surface area contributed by atoms with Crippen LogP contribution in [0.5, 0.6) is 0 Å². The van der Waals surface area contributed by atoms with Crippen LogP contribution in [0.15, 0.2) is 9.59 Å². The molecule has 0 aromatic carbocycles. The molecular formula is C12H19N3O4. The van der Waals surface area contributed by atoms with Crippen molar-refractivity contribution in [3.05, 3.63) is 32.1 Å². The average molecular weight is 269 g/mol. The minimum atomic E-state index is -1.26. The Kier molecular flexibility index (Phi) is 4.66. The SMILES string of the molecule is CCN(CC)Cc1c(C(=O)O)n(C)c(=O)n(C)c1=O. The maximum Gasteiger partial charge on any atom is 0.353 e. The molecule has 106 valence electrons. The molecule has 1 aromatic heterocycles. The second kappa shape index (κ2) is 5.83. The highest BCUT2D eigenvalue weighted by Crippen LogP contribution is 2.05. The van der Waals surface area contributed by atoms with Crippen LogP contribution in [-0.4, -0.2) is 38.2 Å². The third kappa shape index (κ3) is 2.76. The number of carboxylic acids is 1. The van der Waals surface area contributed by atoms with E-state index in [1.807, 2.05) is 18.7 Å². The van der Waals surface area contributed by atoms with E-state index in [0.717, 1.165) is 9.13 Å². The van der Waals surface area contributed by atoms with Gasteiger partial charge in [0.25, 0.3) is 5.56 Å². The zero-order chi connectivity index (χ0) is 14.7. The highest BCUT2D eigenvalue weighted by Gasteiger charge is 2.21. The maximum atomic E-state index is 12.1. The van der Waals surface area contributed by atoms with Gasteiger partial charge in [0, 0.05) is 20.6 Å². The van der Waals surface area contributed by atoms with Crippen molar-refractivity contribution in [2.24, 2.45) is 14.1 Å². The second-order valence-corrected chi connectivity index (χ2v) is 4.30. The van der Waals surface area contributed by atoms with Gasteiger partial charge in [-0.2, -0.15) is 0 Å². The third-order valence-corrected chi connectivity index (χ3v) is 3.24. The van der Waals surface area contributed by atoms with E-state index in [1.165, 1.54) is 14.1 Å². The van der Waals surface area contributed by atoms with Crippen LogP contribution in [0.2, 0.25) is 0 Å². The van der Waals surface area contributed by atoms with Crippen molar-refractivity contribution in [2.45, 2.75) is 20.4 Å². The molecule has 1 aromatic rings. The van der Waals surface area contributed by atoms with Crippen molar-refractivity contribution in [3.8, 4) is 0 Å². The molecular weight excluding hydrogens is 250 g/mol. The number of rotatable bonds is 5. The number of carbonyl (C=O) groups is 1. The summed E-state index contributed by atoms with van der Waals surface area (Å²) < 4.78 is 1.94. The number of aromatic nitrogens is 2. The monoisotopic (exact) mass is 269 g/mol. The van der Waals surface area contributed by atoms with Crippen molar-refractivity contribution in [1.82, 2.24) is 14.0 Å². The highest BCUT2D eigenvalue weighted by atomic mass is 16.4. The van der Waals surface area contributed by atoms with E-state index >= 15 is 0 Å². The summed E-state index contributed by atoms with van der Waals surface area (Å²) in [5.41, 5.74) is -1.28. The summed E-state index contributed by atoms with van der Waals surface area (Å²) in [5.74, 6) is -1.26. The normalized spacial score (nSPS) is 11.0. The first kappa shape index (κ1) is 15.2. The summed E-state index contributed by atoms with van der Waals surface area (Å²) in [4.78, 5) is 37.0. The van der Waals surface area contributed by atoms with Crippen molar-refractivity contribution < 1.29 is 9.90 Å². The molecule has 19 heavy (non-hydrogen) atoms. The lowest BCUT2D eigenvalue weighted by Gasteiger charge is -2.20. The summed E-state index contributed by atoms with van der Waals surface area (Å²) in [6.45, 7) is 5.46. The van der Waals surface area contributed by atoms with Crippen LogP contribution < -0.4 is 11.2 Å². The van der Waals surface area contributed by atoms with E-state index in [4.69, 9.17) is 0 Å². The van der Waals surface area contributed by atoms with Gasteiger partial charge in [-0.3, -0.25) is 18.8 Å². The van der Waals surface area contributed by atoms with E-state index in [0.29, 0.717) is 13.1 Å². The Hall–Kier alpha value is -1.89. The summed E-state index contributed by atoms with van der Waals surface area (Å²) in [7, 11) is 2.71. The number of hydrogen-bond acceptors (Lipinski definition) is 4. The fourth-order valence-corrected chi connectivity index (χ4v) is 2.00. The van der Waals surface area contributed by atoms with Gasteiger partial charge in [-0.1, -0.05) is 13.8 Å². The smallest absolute Gasteiger partial charge is 0.353 e. The molecule has 0 spiro atoms. The highest BCUT2D eigenvalue weighted by molar-refractivity contribution is 5.87. The van der Waals surface area contributed by atoms with Crippen LogP contribution in [0.4, 0.5) is 0 Å². The van der Waals surface area contributed by atoms with E-state index in [-0.39, 0.29) is 17.8 Å². The van der Waals surface area contributed by atoms with Gasteiger partial charge in [0.05, 0.1) is 5.56 Å². The van der Waals surface area contributed by atoms with Gasteiger partial charge in [-0.15, -0.1) is 0 Å². The quantitative estimate of drug-likeness (QED) is 0.788. The van der Waals surface area contributed by atoms with E-state index in [9.17, 15) is 19.5 Å². The molecule has 0 fully saturated rings. The minimum absolute atomic E-state index is 0.140. The van der Waals surface area contributed by atoms with E-state index in [1.54, 1.807) is 0 Å². The van der Waals surface area contributed by atoms with E-state index in [2.05, 4.69) is 0 Å². The van der Waals surface area contributed by atoms with Gasteiger partial charge in [-0.25, -0.2) is 9.59 Å². The first-order chi connectivity index (χ1) is 8.84. The molecule has 0 amide bonds. The summed E-state index contributed by atoms with van der Waals surface area (Å²) >= 11 is 0. The summed E-state index contributed by atoms with van der Waals surface area (Å²) in [6.07, 6.45) is 0. The Morgan fingerprint density at radius 1 is 1.16 bits per heavy atom. The molecule has 0 saturated carbocycles. The lowest BCUT2D eigenvalue weighted by atomic mass is 10.2. The average Bonchev–Trinajstić information content (AvgIpc) is 2.38. The molecule has 1 heterocycles. The van der Waals surface area contributed by atoms with Crippen molar-refractivity contribution in [1.29, 1.82) is 0 Å². The Balaban J connectivity index is 3.57. The van der Waals surface area contributed by atoms with Crippen LogP contribution in [0, 0.1) is 0 Å². The largest absolute Gasteiger partial charge is 0.477 e. The van der Waals surface area contributed by atoms with Crippen molar-refractivity contribution in [3.63, 3.8) is 0 Å². The Morgan fingerprint density at radius 2 is 1.68 bits per heavy atom. The van der Waals surface area contributed by atoms with Gasteiger partial charge in [0.15, 0.2) is 0 Å². The van der Waals surface area contributed by atoms with Gasteiger partial charge in [0.1, 0.15) is 5.69 Å². The molecule has 0 aliphatic carbocycles. The second-order valence-electron chi connectivity index (χ2n) is 4.30. The third-order valence-electron chi connectivity index (χ3n) is 3.24. The standard InChI is InChI=1S/C12H19N3O4/c1-5-15(6-2)7-8-9(11(17)18)13(3)12(19)14(4)10(8)16/h5-7H2,1-4H3,(H,17,18). The molecule has 7 nitrogen and oxygen atoms in total. The van der Waals surface area contributed by atoms with Gasteiger partial charge in [0.2, 0.25) is 0 Å². The predicted molar refractivity (Wildman–Crippen MR) is 70.5 cm³/mol. The minimum Gasteiger partial charge on any atom is -0.477 e. The number of nitrogens with zero attached hydrogens (tertiary/aromatic N) is 3. The van der Waals surface area contributed by atoms with Gasteiger partial charge in [-0.05, 0) is 13.1 Å². The Labute approximate surface area is 110 Å². The first-order valence-electron chi connectivity index (χ1n) is 6.09. The maximum absolute atomic E-state index is 12.1. The fraction of sp³-hybridized carbons (Fsp3) is 0.583.